The Morgan fingerprint density at radius 3 is 1.13 bits per heavy atom. The summed E-state index contributed by atoms with van der Waals surface area (Å²) in [5.41, 5.74) is 0. The van der Waals surface area contributed by atoms with Gasteiger partial charge >= 0.3 is 17.9 Å². The highest BCUT2D eigenvalue weighted by Gasteiger charge is 2.19. The first-order valence-electron chi connectivity index (χ1n) is 26.1. The molecule has 6 nitrogen and oxygen atoms in total. The minimum Gasteiger partial charge on any atom is -0.462 e. The van der Waals surface area contributed by atoms with Crippen LogP contribution < -0.4 is 0 Å². The zero-order chi connectivity index (χ0) is 48.6. The van der Waals surface area contributed by atoms with E-state index in [1.54, 1.807) is 0 Å². The predicted molar refractivity (Wildman–Crippen MR) is 288 cm³/mol. The van der Waals surface area contributed by atoms with Crippen LogP contribution in [0.5, 0.6) is 0 Å². The summed E-state index contributed by atoms with van der Waals surface area (Å²) in [5.74, 6) is -1.11. The first-order chi connectivity index (χ1) is 33.0. The van der Waals surface area contributed by atoms with Crippen molar-refractivity contribution in [1.82, 2.24) is 0 Å². The van der Waals surface area contributed by atoms with Gasteiger partial charge in [0.25, 0.3) is 0 Å². The van der Waals surface area contributed by atoms with Gasteiger partial charge in [-0.3, -0.25) is 14.4 Å². The summed E-state index contributed by atoms with van der Waals surface area (Å²) in [6, 6.07) is 0. The molecule has 6 heteroatoms. The number of esters is 3. The van der Waals surface area contributed by atoms with Gasteiger partial charge in [-0.1, -0.05) is 230 Å². The van der Waals surface area contributed by atoms with E-state index in [1.807, 2.05) is 72.9 Å². The number of allylic oxidation sites excluding steroid dienone is 26. The van der Waals surface area contributed by atoms with Gasteiger partial charge in [0, 0.05) is 19.3 Å². The summed E-state index contributed by atoms with van der Waals surface area (Å²) in [5, 5.41) is 0. The first-order valence-corrected chi connectivity index (χ1v) is 26.1. The van der Waals surface area contributed by atoms with E-state index in [-0.39, 0.29) is 38.0 Å². The van der Waals surface area contributed by atoms with Crippen molar-refractivity contribution in [2.75, 3.05) is 13.2 Å². The van der Waals surface area contributed by atoms with Gasteiger partial charge in [-0.25, -0.2) is 0 Å². The molecule has 1 unspecified atom stereocenters. The van der Waals surface area contributed by atoms with Crippen LogP contribution in [0.4, 0.5) is 0 Å². The Hall–Kier alpha value is -4.97. The highest BCUT2D eigenvalue weighted by Crippen LogP contribution is 2.11. The molecule has 0 aromatic carbocycles. The Kier molecular flexibility index (Phi) is 49.7. The summed E-state index contributed by atoms with van der Waals surface area (Å²) in [4.78, 5) is 38.0. The Bertz CT molecular complexity index is 1570. The Labute approximate surface area is 409 Å². The van der Waals surface area contributed by atoms with E-state index in [0.717, 1.165) is 89.9 Å². The van der Waals surface area contributed by atoms with Crippen LogP contribution in [-0.4, -0.2) is 37.2 Å². The number of ether oxygens (including phenoxy) is 3. The van der Waals surface area contributed by atoms with E-state index in [9.17, 15) is 14.4 Å². The molecule has 0 heterocycles. The minimum absolute atomic E-state index is 0.144. The van der Waals surface area contributed by atoms with Gasteiger partial charge in [-0.05, 0) is 96.3 Å². The van der Waals surface area contributed by atoms with Crippen molar-refractivity contribution in [1.29, 1.82) is 0 Å². The highest BCUT2D eigenvalue weighted by atomic mass is 16.6. The van der Waals surface area contributed by atoms with Crippen molar-refractivity contribution in [3.63, 3.8) is 0 Å². The topological polar surface area (TPSA) is 78.9 Å². The Morgan fingerprint density at radius 2 is 0.687 bits per heavy atom. The molecule has 0 radical (unpaired) electrons. The second-order valence-electron chi connectivity index (χ2n) is 16.5. The lowest BCUT2D eigenvalue weighted by atomic mass is 10.1. The molecule has 1 atom stereocenters. The fourth-order valence-corrected chi connectivity index (χ4v) is 6.33. The number of unbranched alkanes of at least 4 members (excludes halogenated alkanes) is 13. The van der Waals surface area contributed by atoms with Crippen molar-refractivity contribution in [3.05, 3.63) is 158 Å². The summed E-state index contributed by atoms with van der Waals surface area (Å²) >= 11 is 0. The third kappa shape index (κ3) is 51.9. The van der Waals surface area contributed by atoms with Gasteiger partial charge < -0.3 is 14.2 Å². The standard InChI is InChI=1S/C61H92O6/c1-4-7-10-13-16-19-22-25-28-31-34-36-39-42-45-48-51-54-60(63)66-57-58(67-61(64)55-52-49-46-43-40-37-33-30-27-24-21-18-15-12-9-6-3)56-65-59(62)53-50-47-44-41-38-35-32-29-26-23-20-17-14-11-8-5-2/h7,9-10,12-13,16,18-19,21-22,25,27-32,34-40,46,49,58H,4-6,8,11,14-15,17,20,23-24,26,33,41-45,47-48,50-57H2,1-3H3/b10-7-,12-9-,16-13-,21-18-,22-19-,28-25-,30-27-,32-29-,34-31+,38-35-,39-36-,40-37-,49-46-. The van der Waals surface area contributed by atoms with Gasteiger partial charge in [0.1, 0.15) is 13.2 Å². The zero-order valence-electron chi connectivity index (χ0n) is 42.3. The van der Waals surface area contributed by atoms with Crippen LogP contribution in [-0.2, 0) is 28.6 Å². The number of rotatable bonds is 44. The third-order valence-corrected chi connectivity index (χ3v) is 10.2. The second kappa shape index (κ2) is 53.6. The molecular formula is C61H92O6. The normalized spacial score (nSPS) is 13.4. The van der Waals surface area contributed by atoms with Crippen LogP contribution in [0.1, 0.15) is 188 Å². The maximum absolute atomic E-state index is 12.8. The van der Waals surface area contributed by atoms with Crippen molar-refractivity contribution >= 4 is 17.9 Å². The maximum atomic E-state index is 12.8. The molecule has 67 heavy (non-hydrogen) atoms. The summed E-state index contributed by atoms with van der Waals surface area (Å²) < 4.78 is 16.7. The average molecular weight is 921 g/mol. The van der Waals surface area contributed by atoms with E-state index >= 15 is 0 Å². The number of hydrogen-bond acceptors (Lipinski definition) is 6. The summed E-state index contributed by atoms with van der Waals surface area (Å²) in [6.07, 6.45) is 78.1. The molecule has 0 aliphatic carbocycles. The van der Waals surface area contributed by atoms with Crippen LogP contribution in [0.3, 0.4) is 0 Å². The molecule has 0 N–H and O–H groups in total. The molecule has 0 saturated heterocycles. The predicted octanol–water partition coefficient (Wildman–Crippen LogP) is 17.4. The summed E-state index contributed by atoms with van der Waals surface area (Å²) in [7, 11) is 0. The van der Waals surface area contributed by atoms with Crippen molar-refractivity contribution in [2.24, 2.45) is 0 Å². The fourth-order valence-electron chi connectivity index (χ4n) is 6.33. The molecule has 0 aromatic heterocycles. The van der Waals surface area contributed by atoms with Gasteiger partial charge in [-0.15, -0.1) is 0 Å². The molecule has 372 valence electrons. The highest BCUT2D eigenvalue weighted by molar-refractivity contribution is 5.71. The smallest absolute Gasteiger partial charge is 0.306 e. The van der Waals surface area contributed by atoms with Gasteiger partial charge in [0.2, 0.25) is 0 Å². The molecular weight excluding hydrogens is 829 g/mol. The number of carbonyl (C=O) groups is 3. The monoisotopic (exact) mass is 921 g/mol. The van der Waals surface area contributed by atoms with Crippen molar-refractivity contribution in [3.8, 4) is 0 Å². The zero-order valence-corrected chi connectivity index (χ0v) is 42.3. The van der Waals surface area contributed by atoms with E-state index in [1.165, 1.54) is 44.9 Å². The number of hydrogen-bond donors (Lipinski definition) is 0. The van der Waals surface area contributed by atoms with Crippen LogP contribution >= 0.6 is 0 Å². The molecule has 0 rings (SSSR count). The van der Waals surface area contributed by atoms with Crippen LogP contribution in [0, 0.1) is 0 Å². The van der Waals surface area contributed by atoms with Gasteiger partial charge in [0.15, 0.2) is 6.10 Å². The van der Waals surface area contributed by atoms with Crippen molar-refractivity contribution in [2.45, 2.75) is 194 Å². The molecule has 0 bridgehead atoms. The average Bonchev–Trinajstić information content (AvgIpc) is 3.33. The molecule has 0 fully saturated rings. The van der Waals surface area contributed by atoms with Crippen LogP contribution in [0.25, 0.3) is 0 Å². The van der Waals surface area contributed by atoms with Gasteiger partial charge in [0.05, 0.1) is 0 Å². The molecule has 0 amide bonds. The largest absolute Gasteiger partial charge is 0.462 e. The van der Waals surface area contributed by atoms with Crippen LogP contribution in [0.2, 0.25) is 0 Å². The molecule has 0 spiro atoms. The molecule has 0 saturated carbocycles. The lowest BCUT2D eigenvalue weighted by Gasteiger charge is -2.18. The lowest BCUT2D eigenvalue weighted by Crippen LogP contribution is -2.30. The van der Waals surface area contributed by atoms with E-state index in [4.69, 9.17) is 14.2 Å². The molecule has 0 aliphatic heterocycles. The lowest BCUT2D eigenvalue weighted by molar-refractivity contribution is -0.166. The van der Waals surface area contributed by atoms with E-state index in [2.05, 4.69) is 106 Å². The fraction of sp³-hybridized carbons (Fsp3) is 0.525. The molecule has 0 aromatic rings. The number of carbonyl (C=O) groups excluding carboxylic acids is 3. The van der Waals surface area contributed by atoms with Crippen LogP contribution in [0.15, 0.2) is 158 Å². The van der Waals surface area contributed by atoms with E-state index in [0.29, 0.717) is 19.3 Å². The van der Waals surface area contributed by atoms with Gasteiger partial charge in [-0.2, -0.15) is 0 Å². The van der Waals surface area contributed by atoms with Crippen molar-refractivity contribution < 1.29 is 28.6 Å². The SMILES string of the molecule is CC\C=C/C=C\C=C/C=C\C=C\C=C/CCCCCC(=O)OCC(COC(=O)CCCCC/C=C\C=C/CCCCCCCCC)OC(=O)CC/C=C\C/C=C\C/C=C\C/C=C\C/C=C\CC. The minimum atomic E-state index is -0.855. The maximum Gasteiger partial charge on any atom is 0.306 e. The summed E-state index contributed by atoms with van der Waals surface area (Å²) in [6.45, 7) is 6.22. The second-order valence-corrected chi connectivity index (χ2v) is 16.5. The Morgan fingerprint density at radius 1 is 0.328 bits per heavy atom. The molecule has 0 aliphatic rings. The quantitative estimate of drug-likeness (QED) is 0.0199. The Balaban J connectivity index is 4.67. The third-order valence-electron chi connectivity index (χ3n) is 10.2. The van der Waals surface area contributed by atoms with E-state index < -0.39 is 12.1 Å². The first kappa shape index (κ1) is 62.0.